The Bertz CT molecular complexity index is 650. The molecule has 2 rings (SSSR count). The average Bonchev–Trinajstić information content (AvgIpc) is 2.51. The lowest BCUT2D eigenvalue weighted by atomic mass is 9.79. The fraction of sp³-hybridized carbons (Fsp3) is 0.619. The van der Waals surface area contributed by atoms with Crippen LogP contribution in [0.4, 0.5) is 5.69 Å². The molecular formula is C21H33N3O3. The lowest BCUT2D eigenvalue weighted by Crippen LogP contribution is -2.62. The molecule has 0 unspecified atom stereocenters. The molecule has 2 amide bonds. The SMILES string of the molecule is CC(C)COc1ccc(NC(=O)C(=O)NC2CC(C)(C)NC(C)(C)C2)cc1. The topological polar surface area (TPSA) is 79.5 Å². The van der Waals surface area contributed by atoms with Crippen LogP contribution in [0.3, 0.4) is 0 Å². The predicted octanol–water partition coefficient (Wildman–Crippen LogP) is 3.09. The quantitative estimate of drug-likeness (QED) is 0.691. The van der Waals surface area contributed by atoms with E-state index in [4.69, 9.17) is 4.74 Å². The van der Waals surface area contributed by atoms with E-state index in [-0.39, 0.29) is 17.1 Å². The summed E-state index contributed by atoms with van der Waals surface area (Å²) in [7, 11) is 0. The van der Waals surface area contributed by atoms with Crippen LogP contribution in [0.5, 0.6) is 5.75 Å². The van der Waals surface area contributed by atoms with Crippen LogP contribution in [0.15, 0.2) is 24.3 Å². The molecule has 150 valence electrons. The minimum atomic E-state index is -0.653. The van der Waals surface area contributed by atoms with Crippen molar-refractivity contribution in [2.75, 3.05) is 11.9 Å². The third kappa shape index (κ3) is 6.86. The third-order valence-corrected chi connectivity index (χ3v) is 4.43. The van der Waals surface area contributed by atoms with Gasteiger partial charge >= 0.3 is 11.8 Å². The van der Waals surface area contributed by atoms with E-state index in [0.717, 1.165) is 18.6 Å². The van der Waals surface area contributed by atoms with Crippen molar-refractivity contribution in [2.45, 2.75) is 71.5 Å². The number of carbonyl (C=O) groups is 2. The summed E-state index contributed by atoms with van der Waals surface area (Å²) in [4.78, 5) is 24.6. The fourth-order valence-corrected chi connectivity index (χ4v) is 3.76. The molecule has 1 aliphatic rings. The van der Waals surface area contributed by atoms with Crippen molar-refractivity contribution in [3.63, 3.8) is 0 Å². The van der Waals surface area contributed by atoms with Gasteiger partial charge < -0.3 is 20.7 Å². The zero-order chi connectivity index (χ0) is 20.2. The van der Waals surface area contributed by atoms with Crippen LogP contribution in [0.1, 0.15) is 54.4 Å². The van der Waals surface area contributed by atoms with Crippen LogP contribution in [0, 0.1) is 5.92 Å². The minimum absolute atomic E-state index is 0.0405. The summed E-state index contributed by atoms with van der Waals surface area (Å²) in [6, 6.07) is 7.00. The van der Waals surface area contributed by atoms with Gasteiger partial charge in [0.1, 0.15) is 5.75 Å². The molecule has 0 aliphatic carbocycles. The average molecular weight is 376 g/mol. The van der Waals surface area contributed by atoms with Crippen molar-refractivity contribution in [3.8, 4) is 5.75 Å². The molecule has 1 aromatic carbocycles. The van der Waals surface area contributed by atoms with Gasteiger partial charge in [0.25, 0.3) is 0 Å². The molecule has 1 aliphatic heterocycles. The van der Waals surface area contributed by atoms with Gasteiger partial charge in [-0.2, -0.15) is 0 Å². The Balaban J connectivity index is 1.89. The van der Waals surface area contributed by atoms with Crippen molar-refractivity contribution in [3.05, 3.63) is 24.3 Å². The summed E-state index contributed by atoms with van der Waals surface area (Å²) in [6.45, 7) is 13.2. The van der Waals surface area contributed by atoms with Crippen molar-refractivity contribution in [1.29, 1.82) is 0 Å². The van der Waals surface area contributed by atoms with Gasteiger partial charge in [0.2, 0.25) is 0 Å². The van der Waals surface area contributed by atoms with E-state index >= 15 is 0 Å². The van der Waals surface area contributed by atoms with Crippen LogP contribution in [0.2, 0.25) is 0 Å². The number of hydrogen-bond acceptors (Lipinski definition) is 4. The molecule has 0 radical (unpaired) electrons. The molecule has 0 aromatic heterocycles. The molecule has 0 spiro atoms. The number of rotatable bonds is 5. The van der Waals surface area contributed by atoms with E-state index in [2.05, 4.69) is 57.5 Å². The number of hydrogen-bond donors (Lipinski definition) is 3. The standard InChI is InChI=1S/C21H33N3O3/c1-14(2)13-27-17-9-7-15(8-10-17)22-18(25)19(26)23-16-11-20(3,4)24-21(5,6)12-16/h7-10,14,16,24H,11-13H2,1-6H3,(H,22,25)(H,23,26). The fourth-order valence-electron chi connectivity index (χ4n) is 3.76. The Hall–Kier alpha value is -2.08. The summed E-state index contributed by atoms with van der Waals surface area (Å²) in [5.74, 6) is -0.0723. The van der Waals surface area contributed by atoms with Crippen molar-refractivity contribution in [1.82, 2.24) is 10.6 Å². The molecule has 1 fully saturated rings. The van der Waals surface area contributed by atoms with Gasteiger partial charge in [-0.25, -0.2) is 0 Å². The highest BCUT2D eigenvalue weighted by atomic mass is 16.5. The molecule has 6 nitrogen and oxygen atoms in total. The maximum Gasteiger partial charge on any atom is 0.313 e. The van der Waals surface area contributed by atoms with Gasteiger partial charge in [-0.05, 0) is 70.7 Å². The molecular weight excluding hydrogens is 342 g/mol. The van der Waals surface area contributed by atoms with Gasteiger partial charge in [0.15, 0.2) is 0 Å². The first-order valence-electron chi connectivity index (χ1n) is 9.60. The number of anilines is 1. The maximum absolute atomic E-state index is 12.3. The van der Waals surface area contributed by atoms with Gasteiger partial charge in [-0.1, -0.05) is 13.8 Å². The predicted molar refractivity (Wildman–Crippen MR) is 108 cm³/mol. The number of amides is 2. The first-order valence-corrected chi connectivity index (χ1v) is 9.60. The van der Waals surface area contributed by atoms with Gasteiger partial charge in [0, 0.05) is 22.8 Å². The normalized spacial score (nSPS) is 18.8. The highest BCUT2D eigenvalue weighted by molar-refractivity contribution is 6.39. The Morgan fingerprint density at radius 2 is 1.63 bits per heavy atom. The van der Waals surface area contributed by atoms with Crippen LogP contribution in [-0.2, 0) is 9.59 Å². The second kappa shape index (κ2) is 8.30. The maximum atomic E-state index is 12.3. The molecule has 3 N–H and O–H groups in total. The Morgan fingerprint density at radius 3 is 2.15 bits per heavy atom. The number of carbonyl (C=O) groups excluding carboxylic acids is 2. The van der Waals surface area contributed by atoms with E-state index in [1.165, 1.54) is 0 Å². The molecule has 1 heterocycles. The largest absolute Gasteiger partial charge is 0.493 e. The van der Waals surface area contributed by atoms with Gasteiger partial charge in [-0.3, -0.25) is 9.59 Å². The minimum Gasteiger partial charge on any atom is -0.493 e. The second-order valence-corrected chi connectivity index (χ2v) is 9.15. The Morgan fingerprint density at radius 1 is 1.07 bits per heavy atom. The molecule has 0 bridgehead atoms. The molecule has 1 aromatic rings. The monoisotopic (exact) mass is 375 g/mol. The highest BCUT2D eigenvalue weighted by Crippen LogP contribution is 2.28. The van der Waals surface area contributed by atoms with Gasteiger partial charge in [0.05, 0.1) is 6.61 Å². The summed E-state index contributed by atoms with van der Waals surface area (Å²) in [6.07, 6.45) is 1.55. The lowest BCUT2D eigenvalue weighted by molar-refractivity contribution is -0.137. The van der Waals surface area contributed by atoms with Crippen LogP contribution < -0.4 is 20.7 Å². The van der Waals surface area contributed by atoms with Crippen molar-refractivity contribution in [2.24, 2.45) is 5.92 Å². The number of ether oxygens (including phenoxy) is 1. The Labute approximate surface area is 162 Å². The smallest absolute Gasteiger partial charge is 0.313 e. The number of nitrogens with one attached hydrogen (secondary N) is 3. The van der Waals surface area contributed by atoms with E-state index in [1.54, 1.807) is 24.3 Å². The van der Waals surface area contributed by atoms with Crippen molar-refractivity contribution < 1.29 is 14.3 Å². The summed E-state index contributed by atoms with van der Waals surface area (Å²) in [5.41, 5.74) is 0.377. The molecule has 27 heavy (non-hydrogen) atoms. The van der Waals surface area contributed by atoms with Crippen LogP contribution in [-0.4, -0.2) is 35.5 Å². The molecule has 0 saturated carbocycles. The van der Waals surface area contributed by atoms with Crippen LogP contribution >= 0.6 is 0 Å². The first kappa shape index (κ1) is 21.2. The molecule has 0 atom stereocenters. The summed E-state index contributed by atoms with van der Waals surface area (Å²) >= 11 is 0. The van der Waals surface area contributed by atoms with Crippen molar-refractivity contribution >= 4 is 17.5 Å². The van der Waals surface area contributed by atoms with E-state index in [0.29, 0.717) is 18.2 Å². The van der Waals surface area contributed by atoms with E-state index < -0.39 is 11.8 Å². The first-order chi connectivity index (χ1) is 12.5. The summed E-state index contributed by atoms with van der Waals surface area (Å²) < 4.78 is 5.62. The van der Waals surface area contributed by atoms with E-state index in [1.807, 2.05) is 0 Å². The third-order valence-electron chi connectivity index (χ3n) is 4.43. The zero-order valence-electron chi connectivity index (χ0n) is 17.3. The van der Waals surface area contributed by atoms with E-state index in [9.17, 15) is 9.59 Å². The number of benzene rings is 1. The lowest BCUT2D eigenvalue weighted by Gasteiger charge is -2.46. The Kier molecular flexibility index (Phi) is 6.52. The summed E-state index contributed by atoms with van der Waals surface area (Å²) in [5, 5.41) is 9.08. The highest BCUT2D eigenvalue weighted by Gasteiger charge is 2.38. The van der Waals surface area contributed by atoms with Crippen LogP contribution in [0.25, 0.3) is 0 Å². The van der Waals surface area contributed by atoms with Gasteiger partial charge in [-0.15, -0.1) is 0 Å². The second-order valence-electron chi connectivity index (χ2n) is 9.15. The zero-order valence-corrected chi connectivity index (χ0v) is 17.3. The molecule has 6 heteroatoms. The molecule has 1 saturated heterocycles. The number of piperidine rings is 1.